The molecular formula is C14H16ClN3O6. The number of carbonyl (C=O) groups is 3. The van der Waals surface area contributed by atoms with Crippen LogP contribution in [-0.2, 0) is 9.59 Å². The van der Waals surface area contributed by atoms with Crippen LogP contribution in [0.2, 0.25) is 5.02 Å². The molecular weight excluding hydrogens is 342 g/mol. The average molecular weight is 358 g/mol. The van der Waals surface area contributed by atoms with Crippen molar-refractivity contribution in [2.24, 2.45) is 0 Å². The average Bonchev–Trinajstić information content (AvgIpc) is 2.51. The first kappa shape index (κ1) is 19.4. The van der Waals surface area contributed by atoms with Gasteiger partial charge in [0.25, 0.3) is 11.6 Å². The van der Waals surface area contributed by atoms with Crippen LogP contribution in [0.3, 0.4) is 0 Å². The van der Waals surface area contributed by atoms with E-state index in [9.17, 15) is 24.5 Å². The number of amides is 2. The highest BCUT2D eigenvalue weighted by molar-refractivity contribution is 6.34. The van der Waals surface area contributed by atoms with Gasteiger partial charge in [0.15, 0.2) is 0 Å². The lowest BCUT2D eigenvalue weighted by atomic mass is 10.1. The summed E-state index contributed by atoms with van der Waals surface area (Å²) < 4.78 is 0. The second-order valence-corrected chi connectivity index (χ2v) is 5.23. The van der Waals surface area contributed by atoms with Gasteiger partial charge in [-0.25, -0.2) is 4.79 Å². The Bertz CT molecular complexity index is 664. The molecule has 0 saturated carbocycles. The summed E-state index contributed by atoms with van der Waals surface area (Å²) in [5.74, 6) is -2.80. The quantitative estimate of drug-likeness (QED) is 0.474. The second kappa shape index (κ2) is 8.82. The fraction of sp³-hybridized carbons (Fsp3) is 0.357. The number of nitro benzene ring substituents is 1. The molecule has 0 fully saturated rings. The van der Waals surface area contributed by atoms with E-state index < -0.39 is 41.0 Å². The number of benzene rings is 1. The Labute approximate surface area is 142 Å². The van der Waals surface area contributed by atoms with Crippen molar-refractivity contribution in [2.45, 2.75) is 25.8 Å². The third kappa shape index (κ3) is 5.20. The Balaban J connectivity index is 2.75. The van der Waals surface area contributed by atoms with E-state index in [0.29, 0.717) is 6.42 Å². The molecule has 9 nitrogen and oxygen atoms in total. The van der Waals surface area contributed by atoms with Crippen LogP contribution in [0.15, 0.2) is 18.2 Å². The molecule has 1 rings (SSSR count). The lowest BCUT2D eigenvalue weighted by Crippen LogP contribution is -2.45. The summed E-state index contributed by atoms with van der Waals surface area (Å²) in [6.45, 7) is 1.23. The number of halogens is 1. The van der Waals surface area contributed by atoms with Crippen LogP contribution in [0, 0.1) is 10.1 Å². The van der Waals surface area contributed by atoms with Crippen LogP contribution >= 0.6 is 11.6 Å². The lowest BCUT2D eigenvalue weighted by molar-refractivity contribution is -0.385. The van der Waals surface area contributed by atoms with Crippen LogP contribution in [0.1, 0.15) is 30.1 Å². The van der Waals surface area contributed by atoms with E-state index in [1.165, 1.54) is 12.1 Å². The second-order valence-electron chi connectivity index (χ2n) is 4.82. The van der Waals surface area contributed by atoms with Gasteiger partial charge < -0.3 is 15.7 Å². The fourth-order valence-corrected chi connectivity index (χ4v) is 2.19. The van der Waals surface area contributed by atoms with Gasteiger partial charge in [-0.3, -0.25) is 19.7 Å². The van der Waals surface area contributed by atoms with Crippen LogP contribution in [0.4, 0.5) is 5.69 Å². The Kier molecular flexibility index (Phi) is 7.12. The third-order valence-electron chi connectivity index (χ3n) is 3.04. The summed E-state index contributed by atoms with van der Waals surface area (Å²) in [7, 11) is 0. The van der Waals surface area contributed by atoms with Gasteiger partial charge in [0.2, 0.25) is 5.91 Å². The maximum absolute atomic E-state index is 12.0. The van der Waals surface area contributed by atoms with Crippen molar-refractivity contribution < 1.29 is 24.4 Å². The molecule has 0 aliphatic heterocycles. The maximum atomic E-state index is 12.0. The maximum Gasteiger partial charge on any atom is 0.326 e. The van der Waals surface area contributed by atoms with Gasteiger partial charge >= 0.3 is 5.97 Å². The molecule has 10 heteroatoms. The number of aliphatic carboxylic acids is 1. The zero-order valence-corrected chi connectivity index (χ0v) is 13.5. The molecule has 24 heavy (non-hydrogen) atoms. The molecule has 0 aromatic heterocycles. The minimum atomic E-state index is -1.18. The lowest BCUT2D eigenvalue weighted by Gasteiger charge is -2.14. The first-order chi connectivity index (χ1) is 11.3. The van der Waals surface area contributed by atoms with Crippen molar-refractivity contribution in [1.29, 1.82) is 0 Å². The fourth-order valence-electron chi connectivity index (χ4n) is 1.93. The van der Waals surface area contributed by atoms with E-state index in [1.54, 1.807) is 6.92 Å². The van der Waals surface area contributed by atoms with Crippen molar-refractivity contribution in [1.82, 2.24) is 10.6 Å². The first-order valence-corrected chi connectivity index (χ1v) is 7.39. The highest BCUT2D eigenvalue weighted by atomic mass is 35.5. The van der Waals surface area contributed by atoms with Crippen molar-refractivity contribution in [3.63, 3.8) is 0 Å². The Morgan fingerprint density at radius 2 is 2.04 bits per heavy atom. The van der Waals surface area contributed by atoms with Gasteiger partial charge in [-0.15, -0.1) is 0 Å². The predicted molar refractivity (Wildman–Crippen MR) is 84.9 cm³/mol. The van der Waals surface area contributed by atoms with Crippen molar-refractivity contribution in [3.05, 3.63) is 38.9 Å². The van der Waals surface area contributed by atoms with Crippen molar-refractivity contribution in [3.8, 4) is 0 Å². The third-order valence-corrected chi connectivity index (χ3v) is 3.35. The van der Waals surface area contributed by atoms with Crippen LogP contribution in [-0.4, -0.2) is 40.4 Å². The van der Waals surface area contributed by atoms with Crippen LogP contribution in [0.5, 0.6) is 0 Å². The molecule has 1 atom stereocenters. The molecule has 2 amide bonds. The molecule has 0 spiro atoms. The minimum absolute atomic E-state index is 0.128. The minimum Gasteiger partial charge on any atom is -0.480 e. The summed E-state index contributed by atoms with van der Waals surface area (Å²) in [5.41, 5.74) is -0.852. The number of carboxylic acid groups (broad SMARTS) is 1. The van der Waals surface area contributed by atoms with Gasteiger partial charge in [-0.05, 0) is 12.5 Å². The molecule has 130 valence electrons. The summed E-state index contributed by atoms with van der Waals surface area (Å²) in [5, 5.41) is 24.2. The molecule has 0 aliphatic rings. The molecule has 1 aromatic rings. The number of nitro groups is 1. The molecule has 3 N–H and O–H groups in total. The van der Waals surface area contributed by atoms with Gasteiger partial charge in [0.1, 0.15) is 11.6 Å². The topological polar surface area (TPSA) is 139 Å². The number of hydrogen-bond donors (Lipinski definition) is 3. The molecule has 0 radical (unpaired) electrons. The van der Waals surface area contributed by atoms with E-state index in [1.807, 2.05) is 0 Å². The number of carbonyl (C=O) groups excluding carboxylic acids is 2. The zero-order chi connectivity index (χ0) is 18.3. The normalized spacial score (nSPS) is 11.4. The molecule has 0 aliphatic carbocycles. The number of hydrogen-bond acceptors (Lipinski definition) is 5. The standard InChI is InChI=1S/C14H16ClN3O6/c1-2-4-9(14(21)22)17-11(19)7-16-13(20)12-8(15)5-3-6-10(12)18(23)24/h3,5-6,9H,2,4,7H2,1H3,(H,16,20)(H,17,19)(H,21,22). The van der Waals surface area contributed by atoms with E-state index in [0.717, 1.165) is 6.07 Å². The van der Waals surface area contributed by atoms with E-state index in [-0.39, 0.29) is 17.0 Å². The molecule has 1 unspecified atom stereocenters. The monoisotopic (exact) mass is 357 g/mol. The van der Waals surface area contributed by atoms with Crippen LogP contribution in [0.25, 0.3) is 0 Å². The number of nitrogens with zero attached hydrogens (tertiary/aromatic N) is 1. The summed E-state index contributed by atoms with van der Waals surface area (Å²) >= 11 is 5.81. The first-order valence-electron chi connectivity index (χ1n) is 7.01. The molecule has 0 saturated heterocycles. The smallest absolute Gasteiger partial charge is 0.326 e. The molecule has 0 heterocycles. The van der Waals surface area contributed by atoms with Gasteiger partial charge in [0, 0.05) is 6.07 Å². The largest absolute Gasteiger partial charge is 0.480 e. The zero-order valence-electron chi connectivity index (χ0n) is 12.7. The van der Waals surface area contributed by atoms with E-state index in [4.69, 9.17) is 16.7 Å². The number of nitrogens with one attached hydrogen (secondary N) is 2. The van der Waals surface area contributed by atoms with Gasteiger partial charge in [-0.2, -0.15) is 0 Å². The van der Waals surface area contributed by atoms with Crippen molar-refractivity contribution in [2.75, 3.05) is 6.54 Å². The Morgan fingerprint density at radius 1 is 1.38 bits per heavy atom. The van der Waals surface area contributed by atoms with E-state index in [2.05, 4.69) is 10.6 Å². The van der Waals surface area contributed by atoms with Gasteiger partial charge in [0.05, 0.1) is 16.5 Å². The Hall–Kier alpha value is -2.68. The Morgan fingerprint density at radius 3 is 2.58 bits per heavy atom. The highest BCUT2D eigenvalue weighted by Gasteiger charge is 2.24. The summed E-state index contributed by atoms with van der Waals surface area (Å²) in [6, 6.07) is 2.69. The summed E-state index contributed by atoms with van der Waals surface area (Å²) in [6.07, 6.45) is 0.792. The van der Waals surface area contributed by atoms with Crippen LogP contribution < -0.4 is 10.6 Å². The molecule has 0 bridgehead atoms. The number of rotatable bonds is 8. The summed E-state index contributed by atoms with van der Waals surface area (Å²) in [4.78, 5) is 44.9. The predicted octanol–water partition coefficient (Wildman–Crippen LogP) is 1.35. The highest BCUT2D eigenvalue weighted by Crippen LogP contribution is 2.25. The molecule has 1 aromatic carbocycles. The SMILES string of the molecule is CCCC(NC(=O)CNC(=O)c1c(Cl)cccc1[N+](=O)[O-])C(=O)O. The van der Waals surface area contributed by atoms with Gasteiger partial charge in [-0.1, -0.05) is 31.0 Å². The van der Waals surface area contributed by atoms with Crippen molar-refractivity contribution >= 4 is 35.1 Å². The van der Waals surface area contributed by atoms with E-state index >= 15 is 0 Å². The number of carboxylic acids is 1.